The van der Waals surface area contributed by atoms with Gasteiger partial charge in [0.15, 0.2) is 0 Å². The number of carbonyl (C=O) groups excluding carboxylic acids is 1. The summed E-state index contributed by atoms with van der Waals surface area (Å²) in [7, 11) is 1.39. The molecule has 7 heteroatoms. The molecule has 25 heavy (non-hydrogen) atoms. The maximum Gasteiger partial charge on any atom is 0.337 e. The summed E-state index contributed by atoms with van der Waals surface area (Å²) in [4.78, 5) is 22.4. The highest BCUT2D eigenvalue weighted by Crippen LogP contribution is 2.25. The highest BCUT2D eigenvalue weighted by Gasteiger charge is 2.19. The first-order chi connectivity index (χ1) is 12.1. The number of anilines is 2. The molecule has 0 unspecified atom stereocenters. The van der Waals surface area contributed by atoms with Crippen molar-refractivity contribution in [1.29, 1.82) is 0 Å². The van der Waals surface area contributed by atoms with Crippen LogP contribution in [0.2, 0.25) is 0 Å². The third kappa shape index (κ3) is 3.88. The Labute approximate surface area is 146 Å². The number of ether oxygens (including phenoxy) is 1. The zero-order valence-corrected chi connectivity index (χ0v) is 14.4. The van der Waals surface area contributed by atoms with E-state index in [4.69, 9.17) is 9.84 Å². The summed E-state index contributed by atoms with van der Waals surface area (Å²) in [6.07, 6.45) is 2.36. The van der Waals surface area contributed by atoms with Gasteiger partial charge < -0.3 is 20.1 Å². The first-order valence-corrected chi connectivity index (χ1v) is 8.25. The number of esters is 1. The van der Waals surface area contributed by atoms with Crippen LogP contribution in [0.1, 0.15) is 28.4 Å². The Hall–Kier alpha value is -2.67. The lowest BCUT2D eigenvalue weighted by Crippen LogP contribution is -2.31. The fourth-order valence-corrected chi connectivity index (χ4v) is 2.89. The van der Waals surface area contributed by atoms with E-state index >= 15 is 0 Å². The number of hydrogen-bond acceptors (Lipinski definition) is 7. The molecule has 2 heterocycles. The molecule has 3 rings (SSSR count). The Bertz CT molecular complexity index is 766. The van der Waals surface area contributed by atoms with E-state index < -0.39 is 0 Å². The molecule has 2 aromatic rings. The minimum Gasteiger partial charge on any atom is -0.465 e. The lowest BCUT2D eigenvalue weighted by molar-refractivity contribution is 0.0600. The Morgan fingerprint density at radius 2 is 2.20 bits per heavy atom. The van der Waals surface area contributed by atoms with Crippen LogP contribution in [0.3, 0.4) is 0 Å². The van der Waals surface area contributed by atoms with Crippen LogP contribution in [0, 0.1) is 0 Å². The maximum atomic E-state index is 11.7. The topological polar surface area (TPSA) is 87.6 Å². The highest BCUT2D eigenvalue weighted by atomic mass is 16.5. The lowest BCUT2D eigenvalue weighted by atomic mass is 9.97. The van der Waals surface area contributed by atoms with Gasteiger partial charge in [0.05, 0.1) is 19.3 Å². The van der Waals surface area contributed by atoms with Gasteiger partial charge in [-0.3, -0.25) is 0 Å². The molecule has 0 fully saturated rings. The van der Waals surface area contributed by atoms with Crippen molar-refractivity contribution in [2.75, 3.05) is 30.5 Å². The van der Waals surface area contributed by atoms with E-state index in [2.05, 4.69) is 20.2 Å². The fraction of sp³-hybridized carbons (Fsp3) is 0.389. The number of aliphatic hydroxyl groups is 1. The maximum absolute atomic E-state index is 11.7. The van der Waals surface area contributed by atoms with Gasteiger partial charge in [-0.15, -0.1) is 0 Å². The number of carbonyl (C=O) groups is 1. The number of nitrogens with one attached hydrogen (secondary N) is 1. The molecule has 1 aromatic heterocycles. The number of fused-ring (bicyclic) bond motifs is 1. The Kier molecular flexibility index (Phi) is 5.14. The monoisotopic (exact) mass is 342 g/mol. The van der Waals surface area contributed by atoms with Crippen molar-refractivity contribution in [3.8, 4) is 0 Å². The largest absolute Gasteiger partial charge is 0.465 e. The first-order valence-electron chi connectivity index (χ1n) is 8.25. The summed E-state index contributed by atoms with van der Waals surface area (Å²) in [5, 5.41) is 12.3. The van der Waals surface area contributed by atoms with Crippen molar-refractivity contribution in [3.05, 3.63) is 47.3 Å². The third-order valence-electron chi connectivity index (χ3n) is 4.28. The standard InChI is InChI=1S/C18H22N4O3/c1-12(10-23)21-16-8-17(20-11-19-16)22-6-5-13-7-14(18(24)25-2)3-4-15(13)9-22/h3-4,7-8,11-12,23H,5-6,9-10H2,1-2H3,(H,19,20,21)/t12-/m0/s1. The van der Waals surface area contributed by atoms with Gasteiger partial charge in [0.2, 0.25) is 0 Å². The van der Waals surface area contributed by atoms with Gasteiger partial charge in [-0.2, -0.15) is 0 Å². The zero-order chi connectivity index (χ0) is 17.8. The summed E-state index contributed by atoms with van der Waals surface area (Å²) in [5.41, 5.74) is 2.93. The van der Waals surface area contributed by atoms with Gasteiger partial charge in [0, 0.05) is 25.2 Å². The van der Waals surface area contributed by atoms with E-state index in [-0.39, 0.29) is 18.6 Å². The van der Waals surface area contributed by atoms with Crippen LogP contribution in [0.25, 0.3) is 0 Å². The summed E-state index contributed by atoms with van der Waals surface area (Å²) in [6, 6.07) is 7.50. The van der Waals surface area contributed by atoms with Crippen molar-refractivity contribution >= 4 is 17.6 Å². The molecule has 132 valence electrons. The number of aromatic nitrogens is 2. The molecule has 1 atom stereocenters. The quantitative estimate of drug-likeness (QED) is 0.798. The van der Waals surface area contributed by atoms with E-state index in [1.807, 2.05) is 25.1 Å². The van der Waals surface area contributed by atoms with Gasteiger partial charge in [0.25, 0.3) is 0 Å². The summed E-state index contributed by atoms with van der Waals surface area (Å²) in [6.45, 7) is 3.46. The van der Waals surface area contributed by atoms with Crippen LogP contribution in [0.5, 0.6) is 0 Å². The molecule has 0 bridgehead atoms. The van der Waals surface area contributed by atoms with Crippen molar-refractivity contribution in [2.24, 2.45) is 0 Å². The SMILES string of the molecule is COC(=O)c1ccc2c(c1)CCN(c1cc(N[C@@H](C)CO)ncn1)C2. The summed E-state index contributed by atoms with van der Waals surface area (Å²) < 4.78 is 4.78. The molecule has 1 aliphatic rings. The van der Waals surface area contributed by atoms with Crippen molar-refractivity contribution in [1.82, 2.24) is 9.97 Å². The van der Waals surface area contributed by atoms with Crippen molar-refractivity contribution < 1.29 is 14.6 Å². The summed E-state index contributed by atoms with van der Waals surface area (Å²) in [5.74, 6) is 1.22. The van der Waals surface area contributed by atoms with E-state index in [0.717, 1.165) is 25.3 Å². The predicted molar refractivity (Wildman–Crippen MR) is 94.7 cm³/mol. The van der Waals surface area contributed by atoms with E-state index in [9.17, 15) is 4.79 Å². The molecular weight excluding hydrogens is 320 g/mol. The molecule has 7 nitrogen and oxygen atoms in total. The third-order valence-corrected chi connectivity index (χ3v) is 4.28. The number of methoxy groups -OCH3 is 1. The average molecular weight is 342 g/mol. The van der Waals surface area contributed by atoms with Gasteiger partial charge in [-0.05, 0) is 36.6 Å². The second-order valence-corrected chi connectivity index (χ2v) is 6.14. The molecular formula is C18H22N4O3. The molecule has 0 radical (unpaired) electrons. The summed E-state index contributed by atoms with van der Waals surface area (Å²) >= 11 is 0. The number of nitrogens with zero attached hydrogens (tertiary/aromatic N) is 3. The van der Waals surface area contributed by atoms with Gasteiger partial charge >= 0.3 is 5.97 Å². The Balaban J connectivity index is 1.76. The molecule has 0 saturated carbocycles. The van der Waals surface area contributed by atoms with Crippen LogP contribution in [0.15, 0.2) is 30.6 Å². The Morgan fingerprint density at radius 3 is 2.96 bits per heavy atom. The normalized spacial score (nSPS) is 14.6. The number of aliphatic hydroxyl groups excluding tert-OH is 1. The van der Waals surface area contributed by atoms with Crippen LogP contribution in [-0.2, 0) is 17.7 Å². The zero-order valence-electron chi connectivity index (χ0n) is 14.4. The molecule has 1 aliphatic heterocycles. The second-order valence-electron chi connectivity index (χ2n) is 6.14. The lowest BCUT2D eigenvalue weighted by Gasteiger charge is -2.30. The molecule has 0 saturated heterocycles. The van der Waals surface area contributed by atoms with Gasteiger partial charge in [-0.1, -0.05) is 6.07 Å². The average Bonchev–Trinajstić information content (AvgIpc) is 2.66. The van der Waals surface area contributed by atoms with Crippen LogP contribution < -0.4 is 10.2 Å². The molecule has 1 aromatic carbocycles. The molecule has 0 amide bonds. The number of benzene rings is 1. The minimum atomic E-state index is -0.310. The highest BCUT2D eigenvalue weighted by molar-refractivity contribution is 5.89. The molecule has 0 aliphatic carbocycles. The molecule has 2 N–H and O–H groups in total. The van der Waals surface area contributed by atoms with Crippen LogP contribution in [0.4, 0.5) is 11.6 Å². The predicted octanol–water partition coefficient (Wildman–Crippen LogP) is 1.62. The van der Waals surface area contributed by atoms with E-state index in [0.29, 0.717) is 11.4 Å². The second kappa shape index (κ2) is 7.48. The van der Waals surface area contributed by atoms with Gasteiger partial charge in [-0.25, -0.2) is 14.8 Å². The Morgan fingerprint density at radius 1 is 1.36 bits per heavy atom. The van der Waals surface area contributed by atoms with Gasteiger partial charge in [0.1, 0.15) is 18.0 Å². The number of rotatable bonds is 5. The van der Waals surface area contributed by atoms with Crippen molar-refractivity contribution in [2.45, 2.75) is 25.9 Å². The van der Waals surface area contributed by atoms with E-state index in [1.54, 1.807) is 6.07 Å². The van der Waals surface area contributed by atoms with Crippen LogP contribution in [-0.4, -0.2) is 47.3 Å². The first kappa shape index (κ1) is 17.2. The van der Waals surface area contributed by atoms with Crippen LogP contribution >= 0.6 is 0 Å². The molecule has 0 spiro atoms. The smallest absolute Gasteiger partial charge is 0.337 e. The van der Waals surface area contributed by atoms with E-state index in [1.165, 1.54) is 24.6 Å². The minimum absolute atomic E-state index is 0.0406. The number of hydrogen-bond donors (Lipinski definition) is 2. The van der Waals surface area contributed by atoms with Crippen molar-refractivity contribution in [3.63, 3.8) is 0 Å². The fourth-order valence-electron chi connectivity index (χ4n) is 2.89.